The lowest BCUT2D eigenvalue weighted by Gasteiger charge is -2.33. The molecule has 0 rings (SSSR count). The van der Waals surface area contributed by atoms with Gasteiger partial charge < -0.3 is 53.1 Å². The second-order valence-corrected chi connectivity index (χ2v) is 19.9. The third-order valence-electron chi connectivity index (χ3n) is 5.85. The van der Waals surface area contributed by atoms with Crippen molar-refractivity contribution < 1.29 is 53.1 Å². The summed E-state index contributed by atoms with van der Waals surface area (Å²) in [6, 6.07) is 2.59. The van der Waals surface area contributed by atoms with Crippen LogP contribution in [0.15, 0.2) is 0 Å². The highest BCUT2D eigenvalue weighted by Gasteiger charge is 2.49. The lowest BCUT2D eigenvalue weighted by atomic mass is 10.9. The van der Waals surface area contributed by atoms with Gasteiger partial charge in [-0.25, -0.2) is 0 Å². The van der Waals surface area contributed by atoms with Crippen LogP contribution < -0.4 is 0 Å². The van der Waals surface area contributed by atoms with Gasteiger partial charge in [0.15, 0.2) is 0 Å². The van der Waals surface area contributed by atoms with Crippen LogP contribution in [-0.4, -0.2) is 115 Å². The normalized spacial score (nSPS) is 12.8. The first kappa shape index (κ1) is 46.5. The van der Waals surface area contributed by atoms with E-state index >= 15 is 0 Å². The molecule has 0 amide bonds. The molecule has 0 aliphatic carbocycles. The Labute approximate surface area is 274 Å². The number of rotatable bonds is 30. The van der Waals surface area contributed by atoms with Crippen LogP contribution >= 0.6 is 0 Å². The summed E-state index contributed by atoms with van der Waals surface area (Å²) in [5.74, 6) is 0. The second kappa shape index (κ2) is 28.4. The van der Waals surface area contributed by atoms with Gasteiger partial charge in [-0.2, -0.15) is 0 Å². The van der Waals surface area contributed by atoms with Crippen molar-refractivity contribution in [3.05, 3.63) is 0 Å². The SMILES string of the molecule is CCO[Si](CC[Si](OCC)(OCC)OCC)(OCC)OCC.CCO[Si](CC[Si](OCC)(OCC)OCC)(OCC)OCC. The van der Waals surface area contributed by atoms with Crippen molar-refractivity contribution in [2.75, 3.05) is 79.3 Å². The molecule has 16 heteroatoms. The largest absolute Gasteiger partial charge is 0.500 e. The van der Waals surface area contributed by atoms with Crippen LogP contribution in [0.4, 0.5) is 0 Å². The average molecular weight is 709 g/mol. The topological polar surface area (TPSA) is 111 Å². The maximum absolute atomic E-state index is 5.89. The van der Waals surface area contributed by atoms with Crippen LogP contribution in [0.1, 0.15) is 83.1 Å². The van der Waals surface area contributed by atoms with E-state index in [4.69, 9.17) is 53.1 Å². The van der Waals surface area contributed by atoms with E-state index in [1.807, 2.05) is 83.1 Å². The Bertz CT molecular complexity index is 467. The third-order valence-corrected chi connectivity index (χ3v) is 19.0. The summed E-state index contributed by atoms with van der Waals surface area (Å²) in [5.41, 5.74) is 0. The minimum atomic E-state index is -2.70. The molecule has 0 aromatic carbocycles. The molecular formula is C28H68O12Si4. The maximum atomic E-state index is 5.89. The molecule has 0 spiro atoms. The van der Waals surface area contributed by atoms with Crippen molar-refractivity contribution in [1.82, 2.24) is 0 Å². The quantitative estimate of drug-likeness (QED) is 0.0797. The molecule has 0 unspecified atom stereocenters. The number of hydrogen-bond acceptors (Lipinski definition) is 12. The lowest BCUT2D eigenvalue weighted by molar-refractivity contribution is 0.0584. The minimum absolute atomic E-state index is 0.568. The van der Waals surface area contributed by atoms with Crippen LogP contribution in [0, 0.1) is 0 Å². The lowest BCUT2D eigenvalue weighted by Crippen LogP contribution is -2.51. The molecule has 0 saturated heterocycles. The molecule has 44 heavy (non-hydrogen) atoms. The summed E-state index contributed by atoms with van der Waals surface area (Å²) >= 11 is 0. The molecular weight excluding hydrogens is 641 g/mol. The zero-order valence-electron chi connectivity index (χ0n) is 30.2. The van der Waals surface area contributed by atoms with E-state index in [9.17, 15) is 0 Å². The van der Waals surface area contributed by atoms with Crippen LogP contribution in [0.25, 0.3) is 0 Å². The Morgan fingerprint density at radius 3 is 0.364 bits per heavy atom. The maximum Gasteiger partial charge on any atom is 0.500 e. The van der Waals surface area contributed by atoms with E-state index in [2.05, 4.69) is 0 Å². The van der Waals surface area contributed by atoms with E-state index in [1.165, 1.54) is 0 Å². The molecule has 0 aliphatic heterocycles. The fraction of sp³-hybridized carbons (Fsp3) is 1.00. The van der Waals surface area contributed by atoms with Crippen molar-refractivity contribution in [3.63, 3.8) is 0 Å². The van der Waals surface area contributed by atoms with Crippen LogP contribution in [-0.2, 0) is 53.1 Å². The van der Waals surface area contributed by atoms with Gasteiger partial charge in [0, 0.05) is 103 Å². The smallest absolute Gasteiger partial charge is 0.374 e. The van der Waals surface area contributed by atoms with Gasteiger partial charge in [-0.1, -0.05) is 0 Å². The molecule has 0 saturated carbocycles. The predicted molar refractivity (Wildman–Crippen MR) is 182 cm³/mol. The van der Waals surface area contributed by atoms with Crippen LogP contribution in [0.5, 0.6) is 0 Å². The fourth-order valence-corrected chi connectivity index (χ4v) is 17.5. The molecule has 0 atom stereocenters. The second-order valence-electron chi connectivity index (χ2n) is 8.93. The molecule has 0 heterocycles. The van der Waals surface area contributed by atoms with Gasteiger partial charge in [-0.3, -0.25) is 0 Å². The van der Waals surface area contributed by atoms with Gasteiger partial charge in [0.1, 0.15) is 0 Å². The van der Waals surface area contributed by atoms with Crippen molar-refractivity contribution in [2.24, 2.45) is 0 Å². The standard InChI is InChI=1S/2C14H34O6Si2/c2*1-7-15-21(16-8-2,17-9-3)13-14-22(18-10-4,19-11-5)20-12-6/h2*7-14H2,1-6H3. The minimum Gasteiger partial charge on any atom is -0.374 e. The summed E-state index contributed by atoms with van der Waals surface area (Å²) in [4.78, 5) is 0. The van der Waals surface area contributed by atoms with E-state index in [0.29, 0.717) is 103 Å². The van der Waals surface area contributed by atoms with Crippen LogP contribution in [0.3, 0.4) is 0 Å². The zero-order chi connectivity index (χ0) is 33.8. The van der Waals surface area contributed by atoms with Crippen molar-refractivity contribution >= 4 is 35.2 Å². The summed E-state index contributed by atoms with van der Waals surface area (Å²) in [5, 5.41) is 0. The molecule has 0 bridgehead atoms. The van der Waals surface area contributed by atoms with Crippen molar-refractivity contribution in [3.8, 4) is 0 Å². The highest BCUT2D eigenvalue weighted by molar-refractivity contribution is 6.67. The monoisotopic (exact) mass is 708 g/mol. The van der Waals surface area contributed by atoms with E-state index in [1.54, 1.807) is 0 Å². The Balaban J connectivity index is 0. The van der Waals surface area contributed by atoms with Crippen molar-refractivity contribution in [2.45, 2.75) is 107 Å². The Morgan fingerprint density at radius 1 is 0.205 bits per heavy atom. The van der Waals surface area contributed by atoms with Crippen LogP contribution in [0.2, 0.25) is 24.2 Å². The van der Waals surface area contributed by atoms with E-state index in [0.717, 1.165) is 0 Å². The van der Waals surface area contributed by atoms with E-state index < -0.39 is 35.2 Å². The number of hydrogen-bond donors (Lipinski definition) is 0. The summed E-state index contributed by atoms with van der Waals surface area (Å²) in [6.07, 6.45) is 0. The third kappa shape index (κ3) is 18.7. The molecule has 0 N–H and O–H groups in total. The van der Waals surface area contributed by atoms with Crippen molar-refractivity contribution in [1.29, 1.82) is 0 Å². The highest BCUT2D eigenvalue weighted by Crippen LogP contribution is 2.27. The van der Waals surface area contributed by atoms with Gasteiger partial charge in [0.05, 0.1) is 0 Å². The molecule has 0 fully saturated rings. The first-order valence-corrected chi connectivity index (χ1v) is 24.5. The Hall–Kier alpha value is 0.388. The van der Waals surface area contributed by atoms with Gasteiger partial charge >= 0.3 is 35.2 Å². The Morgan fingerprint density at radius 2 is 0.295 bits per heavy atom. The fourth-order valence-electron chi connectivity index (χ4n) is 4.62. The summed E-state index contributed by atoms with van der Waals surface area (Å²) < 4.78 is 70.7. The molecule has 0 aliphatic rings. The molecule has 0 aromatic heterocycles. The molecule has 0 radical (unpaired) electrons. The van der Waals surface area contributed by atoms with Gasteiger partial charge in [0.25, 0.3) is 0 Å². The highest BCUT2D eigenvalue weighted by atomic mass is 28.4. The van der Waals surface area contributed by atoms with Gasteiger partial charge in [-0.15, -0.1) is 0 Å². The first-order valence-electron chi connectivity index (χ1n) is 16.8. The molecule has 268 valence electrons. The average Bonchev–Trinajstić information content (AvgIpc) is 2.97. The molecule has 12 nitrogen and oxygen atoms in total. The molecule has 0 aromatic rings. The Kier molecular flexibility index (Phi) is 30.0. The van der Waals surface area contributed by atoms with Gasteiger partial charge in [0.2, 0.25) is 0 Å². The van der Waals surface area contributed by atoms with Gasteiger partial charge in [-0.05, 0) is 83.1 Å². The summed E-state index contributed by atoms with van der Waals surface area (Å²) in [6.45, 7) is 30.3. The summed E-state index contributed by atoms with van der Waals surface area (Å²) in [7, 11) is -10.8. The van der Waals surface area contributed by atoms with E-state index in [-0.39, 0.29) is 0 Å². The zero-order valence-corrected chi connectivity index (χ0v) is 34.2. The predicted octanol–water partition coefficient (Wildman–Crippen LogP) is 6.17. The first-order chi connectivity index (χ1) is 21.1.